The summed E-state index contributed by atoms with van der Waals surface area (Å²) in [5.74, 6) is 0.0710. The number of ether oxygens (including phenoxy) is 1. The molecule has 6 nitrogen and oxygen atoms in total. The summed E-state index contributed by atoms with van der Waals surface area (Å²) in [5.41, 5.74) is 2.11. The van der Waals surface area contributed by atoms with E-state index in [-0.39, 0.29) is 12.4 Å². The molecule has 0 amide bonds. The zero-order valence-corrected chi connectivity index (χ0v) is 16.7. The normalized spacial score (nSPS) is 11.2. The van der Waals surface area contributed by atoms with Gasteiger partial charge in [0.15, 0.2) is 5.82 Å². The Labute approximate surface area is 175 Å². The zero-order chi connectivity index (χ0) is 20.8. The van der Waals surface area contributed by atoms with Crippen molar-refractivity contribution in [1.82, 2.24) is 20.2 Å². The highest BCUT2D eigenvalue weighted by atomic mass is 16.5. The smallest absolute Gasteiger partial charge is 0.313 e. The zero-order valence-electron chi connectivity index (χ0n) is 16.7. The van der Waals surface area contributed by atoms with Crippen molar-refractivity contribution in [1.29, 1.82) is 0 Å². The highest BCUT2D eigenvalue weighted by Crippen LogP contribution is 2.40. The summed E-state index contributed by atoms with van der Waals surface area (Å²) in [7, 11) is 0. The second-order valence-corrected chi connectivity index (χ2v) is 6.80. The average molecular weight is 398 g/mol. The molecule has 3 aromatic carbocycles. The molecule has 30 heavy (non-hydrogen) atoms. The van der Waals surface area contributed by atoms with Crippen molar-refractivity contribution < 1.29 is 9.53 Å². The molecule has 0 bridgehead atoms. The van der Waals surface area contributed by atoms with Gasteiger partial charge < -0.3 is 4.74 Å². The third-order valence-electron chi connectivity index (χ3n) is 5.03. The van der Waals surface area contributed by atoms with Crippen LogP contribution < -0.4 is 0 Å². The molecular formula is C24H22N4O2. The molecule has 4 rings (SSSR count). The lowest BCUT2D eigenvalue weighted by Crippen LogP contribution is -2.40. The van der Waals surface area contributed by atoms with Gasteiger partial charge in [-0.15, -0.1) is 5.10 Å². The maximum Gasteiger partial charge on any atom is 0.313 e. The molecule has 1 aromatic heterocycles. The second-order valence-electron chi connectivity index (χ2n) is 6.80. The fraction of sp³-hybridized carbons (Fsp3) is 0.167. The number of rotatable bonds is 7. The Morgan fingerprint density at radius 3 is 1.73 bits per heavy atom. The van der Waals surface area contributed by atoms with Crippen molar-refractivity contribution in [2.75, 3.05) is 6.61 Å². The van der Waals surface area contributed by atoms with E-state index in [1.165, 1.54) is 0 Å². The highest BCUT2D eigenvalue weighted by Gasteiger charge is 2.41. The average Bonchev–Trinajstić information content (AvgIpc) is 3.25. The Balaban J connectivity index is 2.03. The fourth-order valence-electron chi connectivity index (χ4n) is 3.82. The molecule has 0 saturated heterocycles. The van der Waals surface area contributed by atoms with Gasteiger partial charge in [-0.1, -0.05) is 91.0 Å². The van der Waals surface area contributed by atoms with E-state index in [0.29, 0.717) is 12.4 Å². The topological polar surface area (TPSA) is 69.9 Å². The summed E-state index contributed by atoms with van der Waals surface area (Å²) in [5, 5.41) is 12.5. The molecule has 0 unspecified atom stereocenters. The van der Waals surface area contributed by atoms with Crippen LogP contribution >= 0.6 is 0 Å². The van der Waals surface area contributed by atoms with Crippen molar-refractivity contribution in [3.05, 3.63) is 114 Å². The quantitative estimate of drug-likeness (QED) is 0.351. The van der Waals surface area contributed by atoms with Crippen LogP contribution in [0.4, 0.5) is 0 Å². The van der Waals surface area contributed by atoms with Crippen LogP contribution in [0.3, 0.4) is 0 Å². The monoisotopic (exact) mass is 398 g/mol. The molecule has 4 aromatic rings. The number of nitrogens with zero attached hydrogens (tertiary/aromatic N) is 4. The SMILES string of the molecule is CCOC(=O)Cc1nnnn1C(c1ccccc1)(c1ccccc1)c1ccccc1. The van der Waals surface area contributed by atoms with Crippen LogP contribution in [-0.4, -0.2) is 32.8 Å². The van der Waals surface area contributed by atoms with E-state index in [1.54, 1.807) is 11.6 Å². The van der Waals surface area contributed by atoms with Crippen LogP contribution in [0.15, 0.2) is 91.0 Å². The molecule has 0 aliphatic rings. The summed E-state index contributed by atoms with van der Waals surface area (Å²) in [6.07, 6.45) is -0.0188. The highest BCUT2D eigenvalue weighted by molar-refractivity contribution is 5.71. The van der Waals surface area contributed by atoms with Gasteiger partial charge in [-0.2, -0.15) is 0 Å². The number of hydrogen-bond acceptors (Lipinski definition) is 5. The van der Waals surface area contributed by atoms with Crippen molar-refractivity contribution in [3.8, 4) is 0 Å². The van der Waals surface area contributed by atoms with Crippen molar-refractivity contribution in [3.63, 3.8) is 0 Å². The fourth-order valence-corrected chi connectivity index (χ4v) is 3.82. The molecule has 1 heterocycles. The number of esters is 1. The lowest BCUT2D eigenvalue weighted by atomic mass is 9.77. The lowest BCUT2D eigenvalue weighted by Gasteiger charge is -2.36. The van der Waals surface area contributed by atoms with E-state index in [0.717, 1.165) is 16.7 Å². The predicted molar refractivity (Wildman–Crippen MR) is 113 cm³/mol. The maximum atomic E-state index is 12.3. The number of aromatic nitrogens is 4. The van der Waals surface area contributed by atoms with Crippen molar-refractivity contribution >= 4 is 5.97 Å². The number of carbonyl (C=O) groups is 1. The Kier molecular flexibility index (Phi) is 5.66. The number of hydrogen-bond donors (Lipinski definition) is 0. The van der Waals surface area contributed by atoms with Crippen molar-refractivity contribution in [2.45, 2.75) is 18.9 Å². The van der Waals surface area contributed by atoms with Crippen LogP contribution in [0, 0.1) is 0 Å². The molecule has 0 N–H and O–H groups in total. The third kappa shape index (κ3) is 3.48. The van der Waals surface area contributed by atoms with Gasteiger partial charge in [-0.3, -0.25) is 4.79 Å². The van der Waals surface area contributed by atoms with E-state index in [4.69, 9.17) is 4.74 Å². The van der Waals surface area contributed by atoms with E-state index in [1.807, 2.05) is 54.6 Å². The first kappa shape index (κ1) is 19.5. The van der Waals surface area contributed by atoms with Crippen LogP contribution in [0.5, 0.6) is 0 Å². The Bertz CT molecular complexity index is 999. The van der Waals surface area contributed by atoms with Gasteiger partial charge in [0, 0.05) is 0 Å². The molecule has 0 saturated carbocycles. The Hall–Kier alpha value is -3.80. The predicted octanol–water partition coefficient (Wildman–Crippen LogP) is 3.62. The molecule has 0 aliphatic heterocycles. The minimum absolute atomic E-state index is 0.0188. The summed E-state index contributed by atoms with van der Waals surface area (Å²) >= 11 is 0. The third-order valence-corrected chi connectivity index (χ3v) is 5.03. The van der Waals surface area contributed by atoms with E-state index in [9.17, 15) is 4.79 Å². The molecule has 0 radical (unpaired) electrons. The first-order valence-electron chi connectivity index (χ1n) is 9.86. The minimum Gasteiger partial charge on any atom is -0.466 e. The van der Waals surface area contributed by atoms with Crippen LogP contribution in [0.1, 0.15) is 29.4 Å². The minimum atomic E-state index is -0.852. The van der Waals surface area contributed by atoms with Gasteiger partial charge in [0.2, 0.25) is 0 Å². The second kappa shape index (κ2) is 8.69. The van der Waals surface area contributed by atoms with Crippen molar-refractivity contribution in [2.24, 2.45) is 0 Å². The number of tetrazole rings is 1. The molecule has 150 valence electrons. The largest absolute Gasteiger partial charge is 0.466 e. The Morgan fingerprint density at radius 1 is 0.833 bits per heavy atom. The van der Waals surface area contributed by atoms with Gasteiger partial charge in [-0.05, 0) is 34.0 Å². The van der Waals surface area contributed by atoms with E-state index < -0.39 is 5.54 Å². The van der Waals surface area contributed by atoms with Gasteiger partial charge in [0.25, 0.3) is 0 Å². The summed E-state index contributed by atoms with van der Waals surface area (Å²) in [4.78, 5) is 12.3. The van der Waals surface area contributed by atoms with Crippen LogP contribution in [0.25, 0.3) is 0 Å². The summed E-state index contributed by atoms with van der Waals surface area (Å²) < 4.78 is 6.89. The summed E-state index contributed by atoms with van der Waals surface area (Å²) in [6, 6.07) is 30.2. The van der Waals surface area contributed by atoms with E-state index in [2.05, 4.69) is 51.9 Å². The first-order valence-corrected chi connectivity index (χ1v) is 9.86. The number of benzene rings is 3. The molecular weight excluding hydrogens is 376 g/mol. The van der Waals surface area contributed by atoms with Gasteiger partial charge in [-0.25, -0.2) is 4.68 Å². The lowest BCUT2D eigenvalue weighted by molar-refractivity contribution is -0.142. The Morgan fingerprint density at radius 2 is 1.30 bits per heavy atom. The summed E-state index contributed by atoms with van der Waals surface area (Å²) in [6.45, 7) is 2.09. The van der Waals surface area contributed by atoms with Crippen LogP contribution in [0.2, 0.25) is 0 Å². The molecule has 6 heteroatoms. The maximum absolute atomic E-state index is 12.3. The van der Waals surface area contributed by atoms with Gasteiger partial charge in [0.05, 0.1) is 6.61 Å². The van der Waals surface area contributed by atoms with Gasteiger partial charge in [0.1, 0.15) is 12.0 Å². The standard InChI is InChI=1S/C24H22N4O2/c1-2-30-23(29)18-22-25-26-27-28(22)24(19-12-6-3-7-13-19,20-14-8-4-9-15-20)21-16-10-5-11-17-21/h3-17H,2,18H2,1H3. The molecule has 0 fully saturated rings. The molecule has 0 aliphatic carbocycles. The van der Waals surface area contributed by atoms with E-state index >= 15 is 0 Å². The molecule has 0 atom stereocenters. The first-order chi connectivity index (χ1) is 14.8. The van der Waals surface area contributed by atoms with Gasteiger partial charge >= 0.3 is 5.97 Å². The number of carbonyl (C=O) groups excluding carboxylic acids is 1. The molecule has 0 spiro atoms. The van der Waals surface area contributed by atoms with Crippen LogP contribution in [-0.2, 0) is 21.5 Å².